The largest absolute Gasteiger partial charge is 0.573 e. The summed E-state index contributed by atoms with van der Waals surface area (Å²) in [5.74, 6) is -0.356. The van der Waals surface area contributed by atoms with E-state index < -0.39 is 6.36 Å². The molecule has 1 aromatic heterocycles. The molecule has 0 radical (unpaired) electrons. The number of ether oxygens (including phenoxy) is 1. The van der Waals surface area contributed by atoms with Crippen LogP contribution in [0, 0.1) is 0 Å². The fourth-order valence-electron chi connectivity index (χ4n) is 1.38. The topological polar surface area (TPSA) is 47.0 Å². The highest BCUT2D eigenvalue weighted by molar-refractivity contribution is 9.10. The normalized spacial score (nSPS) is 11.3. The molecule has 0 aliphatic rings. The average molecular weight is 403 g/mol. The minimum atomic E-state index is -4.76. The van der Waals surface area contributed by atoms with Gasteiger partial charge in [0.2, 0.25) is 0 Å². The highest BCUT2D eigenvalue weighted by Gasteiger charge is 2.31. The Hall–Kier alpha value is -1.25. The summed E-state index contributed by atoms with van der Waals surface area (Å²) in [6.07, 6.45) is -4.76. The molecule has 10 heteroatoms. The number of rotatable bonds is 3. The van der Waals surface area contributed by atoms with Gasteiger partial charge < -0.3 is 10.1 Å². The lowest BCUT2D eigenvalue weighted by Crippen LogP contribution is -2.17. The summed E-state index contributed by atoms with van der Waals surface area (Å²) >= 11 is 14.5. The van der Waals surface area contributed by atoms with Gasteiger partial charge in [-0.25, -0.2) is 0 Å². The predicted octanol–water partition coefficient (Wildman–Crippen LogP) is 5.19. The van der Waals surface area contributed by atoms with Crippen molar-refractivity contribution in [3.05, 3.63) is 39.0 Å². The molecule has 0 atom stereocenters. The molecule has 0 aliphatic heterocycles. The van der Waals surface area contributed by atoms with Gasteiger partial charge in [-0.05, 0) is 34.1 Å². The van der Waals surface area contributed by atoms with Crippen molar-refractivity contribution in [3.63, 3.8) is 0 Å². The Kier molecular flexibility index (Phi) is 4.80. The first kappa shape index (κ1) is 16.1. The van der Waals surface area contributed by atoms with E-state index in [9.17, 15) is 13.2 Å². The van der Waals surface area contributed by atoms with Crippen LogP contribution >= 0.6 is 39.1 Å². The molecule has 0 saturated heterocycles. The molecule has 0 bridgehead atoms. The van der Waals surface area contributed by atoms with Crippen LogP contribution in [0.1, 0.15) is 0 Å². The summed E-state index contributed by atoms with van der Waals surface area (Å²) in [4.78, 5) is 0. The molecular formula is C11H5BrCl2F3N3O. The Bertz CT molecular complexity index is 670. The summed E-state index contributed by atoms with van der Waals surface area (Å²) < 4.78 is 40.4. The summed E-state index contributed by atoms with van der Waals surface area (Å²) in [5.41, 5.74) is 0.829. The van der Waals surface area contributed by atoms with Crippen LogP contribution in [-0.2, 0) is 0 Å². The highest BCUT2D eigenvalue weighted by Crippen LogP contribution is 2.34. The quantitative estimate of drug-likeness (QED) is 0.767. The third-order valence-corrected chi connectivity index (χ3v) is 3.24. The van der Waals surface area contributed by atoms with Gasteiger partial charge in [-0.15, -0.1) is 23.4 Å². The molecule has 21 heavy (non-hydrogen) atoms. The van der Waals surface area contributed by atoms with Crippen molar-refractivity contribution >= 4 is 50.5 Å². The third-order valence-electron chi connectivity index (χ3n) is 2.16. The second-order valence-electron chi connectivity index (χ2n) is 3.69. The molecular weight excluding hydrogens is 398 g/mol. The molecule has 2 rings (SSSR count). The summed E-state index contributed by atoms with van der Waals surface area (Å²) in [6, 6.07) is 5.37. The Morgan fingerprint density at radius 1 is 1.14 bits per heavy atom. The lowest BCUT2D eigenvalue weighted by atomic mass is 10.3. The van der Waals surface area contributed by atoms with Gasteiger partial charge in [0, 0.05) is 11.8 Å². The average Bonchev–Trinajstić information content (AvgIpc) is 2.36. The summed E-state index contributed by atoms with van der Waals surface area (Å²) in [5, 5.41) is 10.2. The van der Waals surface area contributed by atoms with Crippen LogP contribution in [0.15, 0.2) is 28.7 Å². The van der Waals surface area contributed by atoms with Crippen LogP contribution in [0.2, 0.25) is 10.3 Å². The molecule has 0 unspecified atom stereocenters. The van der Waals surface area contributed by atoms with Gasteiger partial charge in [0.25, 0.3) is 0 Å². The van der Waals surface area contributed by atoms with Crippen LogP contribution in [-0.4, -0.2) is 16.6 Å². The van der Waals surface area contributed by atoms with E-state index in [1.54, 1.807) is 0 Å². The van der Waals surface area contributed by atoms with Crippen molar-refractivity contribution in [3.8, 4) is 5.75 Å². The van der Waals surface area contributed by atoms with Gasteiger partial charge in [-0.1, -0.05) is 23.2 Å². The van der Waals surface area contributed by atoms with Crippen LogP contribution in [0.4, 0.5) is 24.5 Å². The van der Waals surface area contributed by atoms with Crippen molar-refractivity contribution < 1.29 is 17.9 Å². The van der Waals surface area contributed by atoms with Crippen LogP contribution in [0.5, 0.6) is 5.75 Å². The maximum absolute atomic E-state index is 12.2. The maximum atomic E-state index is 12.2. The molecule has 1 heterocycles. The molecule has 0 aliphatic carbocycles. The fraction of sp³-hybridized carbons (Fsp3) is 0.0909. The number of nitrogens with zero attached hydrogens (tertiary/aromatic N) is 2. The van der Waals surface area contributed by atoms with E-state index in [0.29, 0.717) is 11.4 Å². The first-order valence-corrected chi connectivity index (χ1v) is 6.80. The molecule has 1 aromatic carbocycles. The Labute approximate surface area is 135 Å². The van der Waals surface area contributed by atoms with E-state index in [1.807, 2.05) is 0 Å². The predicted molar refractivity (Wildman–Crippen MR) is 76.2 cm³/mol. The molecule has 0 saturated carbocycles. The standard InChI is InChI=1S/C11H5BrCl2F3N3O/c12-6-3-5(1-2-8(6)21-11(15,16)17)18-7-4-9(13)19-20-10(7)14/h1-4H,(H,18,19). The van der Waals surface area contributed by atoms with Crippen LogP contribution < -0.4 is 10.1 Å². The van der Waals surface area contributed by atoms with Gasteiger partial charge in [0.05, 0.1) is 10.2 Å². The van der Waals surface area contributed by atoms with Crippen LogP contribution in [0.3, 0.4) is 0 Å². The maximum Gasteiger partial charge on any atom is 0.573 e. The van der Waals surface area contributed by atoms with Gasteiger partial charge in [0.1, 0.15) is 5.75 Å². The van der Waals surface area contributed by atoms with Crippen molar-refractivity contribution in [1.82, 2.24) is 10.2 Å². The van der Waals surface area contributed by atoms with E-state index in [0.717, 1.165) is 6.07 Å². The van der Waals surface area contributed by atoms with E-state index >= 15 is 0 Å². The van der Waals surface area contributed by atoms with Gasteiger partial charge in [0.15, 0.2) is 10.3 Å². The monoisotopic (exact) mass is 401 g/mol. The number of anilines is 2. The number of hydrogen-bond acceptors (Lipinski definition) is 4. The highest BCUT2D eigenvalue weighted by atomic mass is 79.9. The Morgan fingerprint density at radius 3 is 2.48 bits per heavy atom. The van der Waals surface area contributed by atoms with E-state index in [2.05, 4.69) is 36.2 Å². The van der Waals surface area contributed by atoms with Crippen LogP contribution in [0.25, 0.3) is 0 Å². The molecule has 1 N–H and O–H groups in total. The zero-order valence-electron chi connectivity index (χ0n) is 9.88. The van der Waals surface area contributed by atoms with E-state index in [-0.39, 0.29) is 20.5 Å². The van der Waals surface area contributed by atoms with Gasteiger partial charge >= 0.3 is 6.36 Å². The number of hydrogen-bond donors (Lipinski definition) is 1. The minimum absolute atomic E-state index is 0.0751. The SMILES string of the molecule is FC(F)(F)Oc1ccc(Nc2cc(Cl)nnc2Cl)cc1Br. The van der Waals surface area contributed by atoms with Crippen molar-refractivity contribution in [1.29, 1.82) is 0 Å². The number of aromatic nitrogens is 2. The summed E-state index contributed by atoms with van der Waals surface area (Å²) in [7, 11) is 0. The first-order chi connectivity index (χ1) is 9.74. The second kappa shape index (κ2) is 6.25. The van der Waals surface area contributed by atoms with E-state index in [4.69, 9.17) is 23.2 Å². The number of nitrogens with one attached hydrogen (secondary N) is 1. The first-order valence-electron chi connectivity index (χ1n) is 5.25. The molecule has 2 aromatic rings. The lowest BCUT2D eigenvalue weighted by molar-refractivity contribution is -0.274. The summed E-state index contributed by atoms with van der Waals surface area (Å²) in [6.45, 7) is 0. The third kappa shape index (κ3) is 4.62. The fourth-order valence-corrected chi connectivity index (χ4v) is 2.13. The zero-order valence-corrected chi connectivity index (χ0v) is 13.0. The Balaban J connectivity index is 2.22. The number of alkyl halides is 3. The van der Waals surface area contributed by atoms with Crippen molar-refractivity contribution in [2.24, 2.45) is 0 Å². The number of halogens is 6. The molecule has 0 amide bonds. The van der Waals surface area contributed by atoms with Crippen molar-refractivity contribution in [2.45, 2.75) is 6.36 Å². The minimum Gasteiger partial charge on any atom is -0.405 e. The molecule has 0 spiro atoms. The smallest absolute Gasteiger partial charge is 0.405 e. The van der Waals surface area contributed by atoms with Gasteiger partial charge in [-0.2, -0.15) is 0 Å². The molecule has 112 valence electrons. The molecule has 4 nitrogen and oxygen atoms in total. The zero-order chi connectivity index (χ0) is 15.6. The van der Waals surface area contributed by atoms with Crippen molar-refractivity contribution in [2.75, 3.05) is 5.32 Å². The van der Waals surface area contributed by atoms with E-state index in [1.165, 1.54) is 18.2 Å². The lowest BCUT2D eigenvalue weighted by Gasteiger charge is -2.12. The van der Waals surface area contributed by atoms with Gasteiger partial charge in [-0.3, -0.25) is 0 Å². The molecule has 0 fully saturated rings. The second-order valence-corrected chi connectivity index (χ2v) is 5.29. The number of benzene rings is 1. The Morgan fingerprint density at radius 2 is 1.86 bits per heavy atom.